The zero-order chi connectivity index (χ0) is 13.5. The molecule has 1 atom stereocenters. The summed E-state index contributed by atoms with van der Waals surface area (Å²) in [4.78, 5) is 16.0. The van der Waals surface area contributed by atoms with Gasteiger partial charge in [-0.05, 0) is 34.8 Å². The molecule has 0 aliphatic carbocycles. The molecule has 1 aromatic rings. The highest BCUT2D eigenvalue weighted by atomic mass is 79.9. The van der Waals surface area contributed by atoms with Crippen molar-refractivity contribution in [2.75, 3.05) is 5.32 Å². The van der Waals surface area contributed by atoms with Crippen LogP contribution in [-0.2, 0) is 4.79 Å². The fourth-order valence-electron chi connectivity index (χ4n) is 1.71. The topological polar surface area (TPSA) is 42.0 Å². The van der Waals surface area contributed by atoms with Crippen molar-refractivity contribution < 1.29 is 4.79 Å². The van der Waals surface area contributed by atoms with E-state index in [0.717, 1.165) is 25.7 Å². The minimum atomic E-state index is 0.0574. The Kier molecular flexibility index (Phi) is 6.65. The van der Waals surface area contributed by atoms with E-state index in [4.69, 9.17) is 11.6 Å². The molecule has 0 spiro atoms. The molecule has 1 unspecified atom stereocenters. The lowest BCUT2D eigenvalue weighted by Crippen LogP contribution is -2.22. The third kappa shape index (κ3) is 4.58. The maximum absolute atomic E-state index is 12.1. The Bertz CT molecular complexity index is 412. The van der Waals surface area contributed by atoms with E-state index in [9.17, 15) is 4.79 Å². The average molecular weight is 334 g/mol. The monoisotopic (exact) mass is 332 g/mol. The number of nitrogens with zero attached hydrogens (tertiary/aromatic N) is 1. The summed E-state index contributed by atoms with van der Waals surface area (Å²) in [6, 6.07) is 1.76. The number of rotatable bonds is 6. The number of pyridine rings is 1. The number of halogens is 2. The molecule has 0 aliphatic rings. The molecule has 1 rings (SSSR count). The molecule has 0 saturated carbocycles. The summed E-state index contributed by atoms with van der Waals surface area (Å²) in [5.74, 6) is 0.126. The van der Waals surface area contributed by atoms with Gasteiger partial charge in [0.2, 0.25) is 5.91 Å². The molecular weight excluding hydrogens is 316 g/mol. The molecule has 1 N–H and O–H groups in total. The van der Waals surface area contributed by atoms with Gasteiger partial charge in [-0.15, -0.1) is 0 Å². The van der Waals surface area contributed by atoms with E-state index < -0.39 is 0 Å². The van der Waals surface area contributed by atoms with Crippen molar-refractivity contribution in [1.82, 2.24) is 4.98 Å². The number of hydrogen-bond acceptors (Lipinski definition) is 2. The lowest BCUT2D eigenvalue weighted by molar-refractivity contribution is -0.120. The molecule has 5 heteroatoms. The highest BCUT2D eigenvalue weighted by Crippen LogP contribution is 2.23. The van der Waals surface area contributed by atoms with Gasteiger partial charge in [0, 0.05) is 5.92 Å². The summed E-state index contributed by atoms with van der Waals surface area (Å²) in [5, 5.41) is 3.27. The Labute approximate surface area is 121 Å². The smallest absolute Gasteiger partial charge is 0.227 e. The molecule has 0 aromatic carbocycles. The molecule has 0 fully saturated rings. The van der Waals surface area contributed by atoms with Crippen LogP contribution in [0.3, 0.4) is 0 Å². The summed E-state index contributed by atoms with van der Waals surface area (Å²) in [5.41, 5.74) is 0.672. The lowest BCUT2D eigenvalue weighted by Gasteiger charge is -2.14. The van der Waals surface area contributed by atoms with Gasteiger partial charge in [0.1, 0.15) is 5.15 Å². The fourth-order valence-corrected chi connectivity index (χ4v) is 2.16. The largest absolute Gasteiger partial charge is 0.324 e. The van der Waals surface area contributed by atoms with E-state index in [-0.39, 0.29) is 11.8 Å². The molecule has 18 heavy (non-hydrogen) atoms. The van der Waals surface area contributed by atoms with Crippen molar-refractivity contribution in [2.45, 2.75) is 39.5 Å². The Morgan fingerprint density at radius 2 is 2.28 bits per heavy atom. The highest BCUT2D eigenvalue weighted by Gasteiger charge is 2.16. The minimum absolute atomic E-state index is 0.0574. The van der Waals surface area contributed by atoms with Crippen molar-refractivity contribution in [1.29, 1.82) is 0 Å². The van der Waals surface area contributed by atoms with E-state index in [2.05, 4.69) is 33.2 Å². The van der Waals surface area contributed by atoms with Crippen LogP contribution in [0.25, 0.3) is 0 Å². The molecule has 1 heterocycles. The number of nitrogens with one attached hydrogen (secondary N) is 1. The Balaban J connectivity index is 2.64. The van der Waals surface area contributed by atoms with Crippen LogP contribution in [0.5, 0.6) is 0 Å². The summed E-state index contributed by atoms with van der Waals surface area (Å²) in [6.07, 6.45) is 5.54. The van der Waals surface area contributed by atoms with Gasteiger partial charge in [-0.25, -0.2) is 4.98 Å². The van der Waals surface area contributed by atoms with Crippen molar-refractivity contribution >= 4 is 39.1 Å². The molecule has 0 aliphatic heterocycles. The standard InChI is InChI=1S/C13H18BrClN2O/c1-3-5-6-9(4-2)13(18)17-10-7-11(14)12(15)16-8-10/h7-9H,3-6H2,1-2H3,(H,17,18). The van der Waals surface area contributed by atoms with Crippen molar-refractivity contribution in [2.24, 2.45) is 5.92 Å². The zero-order valence-electron chi connectivity index (χ0n) is 10.7. The SMILES string of the molecule is CCCCC(CC)C(=O)Nc1cnc(Cl)c(Br)c1. The second kappa shape index (κ2) is 7.74. The summed E-state index contributed by atoms with van der Waals surface area (Å²) < 4.78 is 0.684. The van der Waals surface area contributed by atoms with Crippen LogP contribution in [0.2, 0.25) is 5.15 Å². The molecule has 3 nitrogen and oxygen atoms in total. The van der Waals surface area contributed by atoms with Crippen molar-refractivity contribution in [3.8, 4) is 0 Å². The summed E-state index contributed by atoms with van der Waals surface area (Å²) in [7, 11) is 0. The number of amides is 1. The first kappa shape index (κ1) is 15.4. The van der Waals surface area contributed by atoms with Gasteiger partial charge in [0.25, 0.3) is 0 Å². The van der Waals surface area contributed by atoms with Gasteiger partial charge < -0.3 is 5.32 Å². The first-order chi connectivity index (χ1) is 8.58. The third-order valence-corrected chi connectivity index (χ3v) is 3.97. The van der Waals surface area contributed by atoms with Crippen LogP contribution >= 0.6 is 27.5 Å². The van der Waals surface area contributed by atoms with Gasteiger partial charge in [0.05, 0.1) is 16.4 Å². The molecule has 100 valence electrons. The fraction of sp³-hybridized carbons (Fsp3) is 0.538. The number of unbranched alkanes of at least 4 members (excludes halogenated alkanes) is 1. The van der Waals surface area contributed by atoms with Crippen LogP contribution < -0.4 is 5.32 Å². The highest BCUT2D eigenvalue weighted by molar-refractivity contribution is 9.10. The van der Waals surface area contributed by atoms with Gasteiger partial charge in [-0.1, -0.05) is 38.3 Å². The van der Waals surface area contributed by atoms with E-state index in [0.29, 0.717) is 15.3 Å². The van der Waals surface area contributed by atoms with E-state index in [1.165, 1.54) is 0 Å². The van der Waals surface area contributed by atoms with Crippen LogP contribution in [-0.4, -0.2) is 10.9 Å². The Morgan fingerprint density at radius 3 is 2.83 bits per heavy atom. The van der Waals surface area contributed by atoms with Crippen LogP contribution in [0.15, 0.2) is 16.7 Å². The minimum Gasteiger partial charge on any atom is -0.324 e. The number of anilines is 1. The van der Waals surface area contributed by atoms with Crippen molar-refractivity contribution in [3.63, 3.8) is 0 Å². The molecular formula is C13H18BrClN2O. The van der Waals surface area contributed by atoms with Gasteiger partial charge in [-0.2, -0.15) is 0 Å². The molecule has 0 saturated heterocycles. The predicted octanol–water partition coefficient (Wildman–Crippen LogP) is 4.65. The second-order valence-corrected chi connectivity index (χ2v) is 5.45. The molecule has 1 aromatic heterocycles. The summed E-state index contributed by atoms with van der Waals surface area (Å²) in [6.45, 7) is 4.17. The zero-order valence-corrected chi connectivity index (χ0v) is 13.0. The normalized spacial score (nSPS) is 12.2. The summed E-state index contributed by atoms with van der Waals surface area (Å²) >= 11 is 9.09. The maximum atomic E-state index is 12.1. The number of carbonyl (C=O) groups excluding carboxylic acids is 1. The Morgan fingerprint density at radius 1 is 1.56 bits per heavy atom. The van der Waals surface area contributed by atoms with E-state index in [1.54, 1.807) is 12.3 Å². The van der Waals surface area contributed by atoms with Crippen LogP contribution in [0.1, 0.15) is 39.5 Å². The average Bonchev–Trinajstić information content (AvgIpc) is 2.35. The number of aromatic nitrogens is 1. The maximum Gasteiger partial charge on any atom is 0.227 e. The van der Waals surface area contributed by atoms with Gasteiger partial charge in [0.15, 0.2) is 0 Å². The molecule has 1 amide bonds. The van der Waals surface area contributed by atoms with Gasteiger partial charge >= 0.3 is 0 Å². The quantitative estimate of drug-likeness (QED) is 0.770. The Hall–Kier alpha value is -0.610. The molecule has 0 bridgehead atoms. The predicted molar refractivity (Wildman–Crippen MR) is 78.9 cm³/mol. The first-order valence-electron chi connectivity index (χ1n) is 6.20. The van der Waals surface area contributed by atoms with Crippen LogP contribution in [0, 0.1) is 5.92 Å². The van der Waals surface area contributed by atoms with Crippen LogP contribution in [0.4, 0.5) is 5.69 Å². The second-order valence-electron chi connectivity index (χ2n) is 4.23. The third-order valence-electron chi connectivity index (χ3n) is 2.83. The number of carbonyl (C=O) groups is 1. The van der Waals surface area contributed by atoms with E-state index >= 15 is 0 Å². The van der Waals surface area contributed by atoms with Crippen molar-refractivity contribution in [3.05, 3.63) is 21.9 Å². The number of hydrogen-bond donors (Lipinski definition) is 1. The van der Waals surface area contributed by atoms with E-state index in [1.807, 2.05) is 6.92 Å². The lowest BCUT2D eigenvalue weighted by atomic mass is 9.98. The molecule has 0 radical (unpaired) electrons. The van der Waals surface area contributed by atoms with Gasteiger partial charge in [-0.3, -0.25) is 4.79 Å². The first-order valence-corrected chi connectivity index (χ1v) is 7.37.